The molecule has 2 aromatic rings. The fourth-order valence-corrected chi connectivity index (χ4v) is 5.17. The minimum absolute atomic E-state index is 0.0539. The Morgan fingerprint density at radius 2 is 1.86 bits per heavy atom. The van der Waals surface area contributed by atoms with Crippen LogP contribution in [0.1, 0.15) is 33.1 Å². The number of piperidine rings is 1. The van der Waals surface area contributed by atoms with Gasteiger partial charge in [0.1, 0.15) is 0 Å². The second-order valence-electron chi connectivity index (χ2n) is 5.97. The van der Waals surface area contributed by atoms with Crippen molar-refractivity contribution in [3.8, 4) is 0 Å². The molecule has 1 saturated heterocycles. The molecule has 1 aliphatic rings. The van der Waals surface area contributed by atoms with Gasteiger partial charge in [-0.05, 0) is 44.9 Å². The van der Waals surface area contributed by atoms with Crippen LogP contribution in [0, 0.1) is 0 Å². The van der Waals surface area contributed by atoms with Gasteiger partial charge >= 0.3 is 0 Å². The van der Waals surface area contributed by atoms with Gasteiger partial charge in [-0.25, -0.2) is 13.4 Å². The van der Waals surface area contributed by atoms with E-state index in [1.165, 1.54) is 0 Å². The summed E-state index contributed by atoms with van der Waals surface area (Å²) < 4.78 is 29.5. The summed E-state index contributed by atoms with van der Waals surface area (Å²) >= 11 is 0. The van der Waals surface area contributed by atoms with Crippen molar-refractivity contribution in [2.75, 3.05) is 0 Å². The normalized spacial score (nSPS) is 24.5. The molecule has 3 rings (SSSR count). The Bertz CT molecular complexity index is 756. The number of sulfonamides is 1. The zero-order valence-electron chi connectivity index (χ0n) is 12.7. The van der Waals surface area contributed by atoms with Crippen molar-refractivity contribution in [2.45, 2.75) is 50.1 Å². The maximum absolute atomic E-state index is 12.9. The van der Waals surface area contributed by atoms with Crippen molar-refractivity contribution in [1.82, 2.24) is 13.9 Å². The second kappa shape index (κ2) is 5.10. The highest BCUT2D eigenvalue weighted by Crippen LogP contribution is 2.30. The Hall–Kier alpha value is -1.40. The van der Waals surface area contributed by atoms with Crippen molar-refractivity contribution in [1.29, 1.82) is 0 Å². The fourth-order valence-electron chi connectivity index (χ4n) is 3.27. The van der Waals surface area contributed by atoms with Crippen LogP contribution < -0.4 is 0 Å². The highest BCUT2D eigenvalue weighted by molar-refractivity contribution is 7.89. The van der Waals surface area contributed by atoms with Crippen molar-refractivity contribution >= 4 is 21.1 Å². The SMILES string of the molecule is CC1CCCC(C)N1S(=O)(=O)c1ccc2c(c1)ncn2C. The van der Waals surface area contributed by atoms with Gasteiger partial charge in [-0.1, -0.05) is 6.42 Å². The van der Waals surface area contributed by atoms with E-state index in [1.54, 1.807) is 22.8 Å². The first-order valence-corrected chi connectivity index (χ1v) is 8.80. The van der Waals surface area contributed by atoms with Crippen LogP contribution in [-0.4, -0.2) is 34.4 Å². The van der Waals surface area contributed by atoms with E-state index in [1.807, 2.05) is 31.5 Å². The summed E-state index contributed by atoms with van der Waals surface area (Å²) in [5.74, 6) is 0. The van der Waals surface area contributed by atoms with Gasteiger partial charge in [0.15, 0.2) is 0 Å². The van der Waals surface area contributed by atoms with E-state index in [-0.39, 0.29) is 12.1 Å². The zero-order chi connectivity index (χ0) is 15.2. The number of benzene rings is 1. The molecule has 0 spiro atoms. The summed E-state index contributed by atoms with van der Waals surface area (Å²) in [4.78, 5) is 4.60. The number of aryl methyl sites for hydroxylation is 1. The molecule has 0 bridgehead atoms. The molecule has 0 aliphatic carbocycles. The number of hydrogen-bond acceptors (Lipinski definition) is 3. The minimum atomic E-state index is -3.46. The van der Waals surface area contributed by atoms with Crippen molar-refractivity contribution in [3.05, 3.63) is 24.5 Å². The van der Waals surface area contributed by atoms with Crippen molar-refractivity contribution in [3.63, 3.8) is 0 Å². The molecule has 21 heavy (non-hydrogen) atoms. The van der Waals surface area contributed by atoms with E-state index in [0.717, 1.165) is 30.3 Å². The topological polar surface area (TPSA) is 55.2 Å². The number of fused-ring (bicyclic) bond motifs is 1. The van der Waals surface area contributed by atoms with E-state index < -0.39 is 10.0 Å². The third-order valence-corrected chi connectivity index (χ3v) is 6.51. The molecule has 1 aliphatic heterocycles. The largest absolute Gasteiger partial charge is 0.334 e. The summed E-state index contributed by atoms with van der Waals surface area (Å²) in [6.07, 6.45) is 4.64. The predicted octanol–water partition coefficient (Wildman–Crippen LogP) is 2.52. The first-order chi connectivity index (χ1) is 9.91. The second-order valence-corrected chi connectivity index (χ2v) is 7.81. The number of nitrogens with zero attached hydrogens (tertiary/aromatic N) is 3. The van der Waals surface area contributed by atoms with Gasteiger partial charge in [-0.15, -0.1) is 0 Å². The number of hydrogen-bond donors (Lipinski definition) is 0. The molecule has 2 atom stereocenters. The number of imidazole rings is 1. The van der Waals surface area contributed by atoms with E-state index in [2.05, 4.69) is 4.98 Å². The van der Waals surface area contributed by atoms with E-state index in [4.69, 9.17) is 0 Å². The molecule has 1 aromatic carbocycles. The molecular weight excluding hydrogens is 286 g/mol. The smallest absolute Gasteiger partial charge is 0.243 e. The van der Waals surface area contributed by atoms with Crippen LogP contribution in [0.5, 0.6) is 0 Å². The quantitative estimate of drug-likeness (QED) is 0.856. The molecule has 0 N–H and O–H groups in total. The maximum Gasteiger partial charge on any atom is 0.243 e. The van der Waals surface area contributed by atoms with Crippen LogP contribution in [-0.2, 0) is 17.1 Å². The lowest BCUT2D eigenvalue weighted by molar-refractivity contribution is 0.204. The standard InChI is InChI=1S/C15H21N3O2S/c1-11-5-4-6-12(2)18(11)21(19,20)13-7-8-15-14(9-13)16-10-17(15)3/h7-12H,4-6H2,1-3H3. The van der Waals surface area contributed by atoms with Gasteiger partial charge in [0.25, 0.3) is 0 Å². The molecule has 6 heteroatoms. The van der Waals surface area contributed by atoms with Crippen molar-refractivity contribution in [2.24, 2.45) is 7.05 Å². The molecule has 0 amide bonds. The van der Waals surface area contributed by atoms with Gasteiger partial charge in [-0.3, -0.25) is 0 Å². The maximum atomic E-state index is 12.9. The Balaban J connectivity index is 2.06. The average Bonchev–Trinajstić information content (AvgIpc) is 2.79. The molecule has 114 valence electrons. The monoisotopic (exact) mass is 307 g/mol. The first-order valence-electron chi connectivity index (χ1n) is 7.36. The molecule has 5 nitrogen and oxygen atoms in total. The number of aromatic nitrogens is 2. The van der Waals surface area contributed by atoms with Gasteiger partial charge < -0.3 is 4.57 Å². The summed E-state index contributed by atoms with van der Waals surface area (Å²) in [6, 6.07) is 5.30. The fraction of sp³-hybridized carbons (Fsp3) is 0.533. The summed E-state index contributed by atoms with van der Waals surface area (Å²) in [7, 11) is -1.56. The van der Waals surface area contributed by atoms with Gasteiger partial charge in [-0.2, -0.15) is 4.31 Å². The number of rotatable bonds is 2. The lowest BCUT2D eigenvalue weighted by Crippen LogP contribution is -2.47. The molecule has 0 saturated carbocycles. The summed E-state index contributed by atoms with van der Waals surface area (Å²) in [5, 5.41) is 0. The lowest BCUT2D eigenvalue weighted by atomic mass is 10.0. The summed E-state index contributed by atoms with van der Waals surface area (Å²) in [5.41, 5.74) is 1.66. The molecule has 1 fully saturated rings. The van der Waals surface area contributed by atoms with E-state index in [0.29, 0.717) is 4.90 Å². The third-order valence-electron chi connectivity index (χ3n) is 4.38. The average molecular weight is 307 g/mol. The van der Waals surface area contributed by atoms with Gasteiger partial charge in [0.2, 0.25) is 10.0 Å². The Kier molecular flexibility index (Phi) is 3.53. The van der Waals surface area contributed by atoms with Gasteiger partial charge in [0, 0.05) is 19.1 Å². The van der Waals surface area contributed by atoms with E-state index in [9.17, 15) is 8.42 Å². The third kappa shape index (κ3) is 2.36. The molecule has 0 radical (unpaired) electrons. The molecule has 2 unspecified atom stereocenters. The first kappa shape index (κ1) is 14.5. The lowest BCUT2D eigenvalue weighted by Gasteiger charge is -2.37. The Labute approximate surface area is 125 Å². The molecular formula is C15H21N3O2S. The van der Waals surface area contributed by atoms with Crippen LogP contribution >= 0.6 is 0 Å². The Morgan fingerprint density at radius 3 is 2.52 bits per heavy atom. The summed E-state index contributed by atoms with van der Waals surface area (Å²) in [6.45, 7) is 3.99. The predicted molar refractivity (Wildman–Crippen MR) is 82.5 cm³/mol. The Morgan fingerprint density at radius 1 is 1.19 bits per heavy atom. The van der Waals surface area contributed by atoms with Crippen LogP contribution in [0.25, 0.3) is 11.0 Å². The van der Waals surface area contributed by atoms with E-state index >= 15 is 0 Å². The van der Waals surface area contributed by atoms with Crippen LogP contribution in [0.2, 0.25) is 0 Å². The molecule has 2 heterocycles. The minimum Gasteiger partial charge on any atom is -0.334 e. The van der Waals surface area contributed by atoms with Crippen LogP contribution in [0.4, 0.5) is 0 Å². The van der Waals surface area contributed by atoms with Gasteiger partial charge in [0.05, 0.1) is 22.3 Å². The molecule has 1 aromatic heterocycles. The van der Waals surface area contributed by atoms with Crippen LogP contribution in [0.15, 0.2) is 29.4 Å². The van der Waals surface area contributed by atoms with Crippen LogP contribution in [0.3, 0.4) is 0 Å². The highest BCUT2D eigenvalue weighted by Gasteiger charge is 2.35. The highest BCUT2D eigenvalue weighted by atomic mass is 32.2. The van der Waals surface area contributed by atoms with Crippen molar-refractivity contribution < 1.29 is 8.42 Å². The zero-order valence-corrected chi connectivity index (χ0v) is 13.5.